The fraction of sp³-hybridized carbons (Fsp3) is 0.647. The van der Waals surface area contributed by atoms with Crippen molar-refractivity contribution < 1.29 is 14.3 Å². The lowest BCUT2D eigenvalue weighted by atomic mass is 10.2. The molecular formula is C17H28ClN3O3. The second kappa shape index (κ2) is 9.69. The average molecular weight is 358 g/mol. The number of carbonyl (C=O) groups is 2. The summed E-state index contributed by atoms with van der Waals surface area (Å²) in [5.41, 5.74) is 1.02. The molecule has 1 rings (SSSR count). The number of amides is 2. The molecular weight excluding hydrogens is 330 g/mol. The summed E-state index contributed by atoms with van der Waals surface area (Å²) in [6.45, 7) is 6.78. The van der Waals surface area contributed by atoms with Crippen LogP contribution in [0.5, 0.6) is 0 Å². The van der Waals surface area contributed by atoms with E-state index in [1.807, 2.05) is 43.8 Å². The first-order valence-corrected chi connectivity index (χ1v) is 8.53. The lowest BCUT2D eigenvalue weighted by Gasteiger charge is -2.30. The normalized spacial score (nSPS) is 12.3. The highest BCUT2D eigenvalue weighted by atomic mass is 35.5. The van der Waals surface area contributed by atoms with Gasteiger partial charge in [0.1, 0.15) is 11.9 Å². The van der Waals surface area contributed by atoms with Gasteiger partial charge in [-0.1, -0.05) is 0 Å². The van der Waals surface area contributed by atoms with Crippen molar-refractivity contribution in [2.24, 2.45) is 7.05 Å². The molecule has 0 unspecified atom stereocenters. The third-order valence-corrected chi connectivity index (χ3v) is 4.06. The third kappa shape index (κ3) is 5.83. The van der Waals surface area contributed by atoms with E-state index in [0.717, 1.165) is 5.69 Å². The molecule has 0 aliphatic rings. The fourth-order valence-corrected chi connectivity index (χ4v) is 2.46. The second-order valence-corrected chi connectivity index (χ2v) is 6.75. The van der Waals surface area contributed by atoms with E-state index in [-0.39, 0.29) is 24.4 Å². The maximum Gasteiger partial charge on any atom is 0.242 e. The molecule has 0 aliphatic carbocycles. The van der Waals surface area contributed by atoms with E-state index in [4.69, 9.17) is 16.3 Å². The largest absolute Gasteiger partial charge is 0.383 e. The first-order valence-electron chi connectivity index (χ1n) is 8.09. The quantitative estimate of drug-likeness (QED) is 0.634. The Hall–Kier alpha value is -1.53. The molecule has 0 aliphatic heterocycles. The van der Waals surface area contributed by atoms with Crippen molar-refractivity contribution in [3.63, 3.8) is 0 Å². The number of carbonyl (C=O) groups excluding carboxylic acids is 2. The van der Waals surface area contributed by atoms with E-state index in [1.54, 1.807) is 18.9 Å². The maximum atomic E-state index is 12.8. The van der Waals surface area contributed by atoms with Crippen LogP contribution < -0.4 is 0 Å². The summed E-state index contributed by atoms with van der Waals surface area (Å²) in [6.07, 6.45) is 1.94. The van der Waals surface area contributed by atoms with Crippen LogP contribution in [-0.4, -0.2) is 64.4 Å². The number of rotatable bonds is 9. The van der Waals surface area contributed by atoms with Gasteiger partial charge in [-0.05, 0) is 32.9 Å². The van der Waals surface area contributed by atoms with Crippen LogP contribution in [0.4, 0.5) is 0 Å². The van der Waals surface area contributed by atoms with Gasteiger partial charge in [0.25, 0.3) is 0 Å². The number of aryl methyl sites for hydroxylation is 1. The van der Waals surface area contributed by atoms with E-state index in [9.17, 15) is 9.59 Å². The molecule has 6 nitrogen and oxygen atoms in total. The van der Waals surface area contributed by atoms with Crippen molar-refractivity contribution in [2.45, 2.75) is 38.7 Å². The van der Waals surface area contributed by atoms with Gasteiger partial charge < -0.3 is 19.1 Å². The maximum absolute atomic E-state index is 12.8. The zero-order valence-electron chi connectivity index (χ0n) is 15.2. The molecule has 0 saturated heterocycles. The Morgan fingerprint density at radius 1 is 1.33 bits per heavy atom. The Kier molecular flexibility index (Phi) is 8.28. The van der Waals surface area contributed by atoms with Crippen molar-refractivity contribution in [2.75, 3.05) is 26.8 Å². The van der Waals surface area contributed by atoms with Crippen LogP contribution in [0.2, 0.25) is 0 Å². The van der Waals surface area contributed by atoms with Crippen LogP contribution in [0.1, 0.15) is 26.5 Å². The van der Waals surface area contributed by atoms with Crippen molar-refractivity contribution in [1.29, 1.82) is 0 Å². The minimum Gasteiger partial charge on any atom is -0.383 e. The van der Waals surface area contributed by atoms with E-state index in [0.29, 0.717) is 19.7 Å². The molecule has 136 valence electrons. The van der Waals surface area contributed by atoms with Crippen LogP contribution in [0.25, 0.3) is 0 Å². The number of halogens is 1. The van der Waals surface area contributed by atoms with Gasteiger partial charge >= 0.3 is 0 Å². The SMILES string of the molecule is COCCN(Cc1cccn1C)C(=O)CN(C(=O)[C@@H](C)Cl)C(C)C. The minimum atomic E-state index is -0.652. The number of hydrogen-bond acceptors (Lipinski definition) is 3. The van der Waals surface area contributed by atoms with Gasteiger partial charge in [-0.2, -0.15) is 0 Å². The van der Waals surface area contributed by atoms with Crippen LogP contribution in [0.15, 0.2) is 18.3 Å². The number of hydrogen-bond donors (Lipinski definition) is 0. The van der Waals surface area contributed by atoms with Gasteiger partial charge in [-0.15, -0.1) is 11.6 Å². The minimum absolute atomic E-state index is 0.0156. The molecule has 2 amide bonds. The molecule has 0 fully saturated rings. The number of methoxy groups -OCH3 is 1. The van der Waals surface area contributed by atoms with Gasteiger partial charge in [0, 0.05) is 38.6 Å². The molecule has 7 heteroatoms. The lowest BCUT2D eigenvalue weighted by molar-refractivity contribution is -0.142. The average Bonchev–Trinajstić information content (AvgIpc) is 2.92. The number of ether oxygens (including phenoxy) is 1. The molecule has 1 atom stereocenters. The fourth-order valence-electron chi connectivity index (χ4n) is 2.34. The Morgan fingerprint density at radius 2 is 2.00 bits per heavy atom. The highest BCUT2D eigenvalue weighted by molar-refractivity contribution is 6.30. The molecule has 24 heavy (non-hydrogen) atoms. The summed E-state index contributed by atoms with van der Waals surface area (Å²) >= 11 is 5.91. The smallest absolute Gasteiger partial charge is 0.242 e. The number of aromatic nitrogens is 1. The molecule has 0 aromatic carbocycles. The molecule has 0 radical (unpaired) electrons. The summed E-state index contributed by atoms with van der Waals surface area (Å²) in [5.74, 6) is -0.349. The summed E-state index contributed by atoms with van der Waals surface area (Å²) in [6, 6.07) is 3.81. The Balaban J connectivity index is 2.85. The zero-order chi connectivity index (χ0) is 18.3. The molecule has 1 aromatic rings. The van der Waals surface area contributed by atoms with Crippen LogP contribution >= 0.6 is 11.6 Å². The third-order valence-electron chi connectivity index (χ3n) is 3.87. The predicted molar refractivity (Wildman–Crippen MR) is 94.9 cm³/mol. The van der Waals surface area contributed by atoms with E-state index < -0.39 is 5.38 Å². The Morgan fingerprint density at radius 3 is 2.46 bits per heavy atom. The van der Waals surface area contributed by atoms with E-state index in [1.165, 1.54) is 4.90 Å². The number of nitrogens with zero attached hydrogens (tertiary/aromatic N) is 3. The monoisotopic (exact) mass is 357 g/mol. The molecule has 0 N–H and O–H groups in total. The van der Waals surface area contributed by atoms with E-state index in [2.05, 4.69) is 0 Å². The second-order valence-electron chi connectivity index (χ2n) is 6.09. The Labute approximate surface area is 149 Å². The van der Waals surface area contributed by atoms with Gasteiger partial charge in [0.15, 0.2) is 0 Å². The summed E-state index contributed by atoms with van der Waals surface area (Å²) in [5, 5.41) is -0.652. The zero-order valence-corrected chi connectivity index (χ0v) is 15.9. The van der Waals surface area contributed by atoms with E-state index >= 15 is 0 Å². The predicted octanol–water partition coefficient (Wildman–Crippen LogP) is 1.86. The molecule has 0 bridgehead atoms. The molecule has 1 aromatic heterocycles. The van der Waals surface area contributed by atoms with Crippen molar-refractivity contribution in [1.82, 2.24) is 14.4 Å². The summed E-state index contributed by atoms with van der Waals surface area (Å²) in [4.78, 5) is 28.2. The Bertz CT molecular complexity index is 543. The molecule has 0 saturated carbocycles. The first kappa shape index (κ1) is 20.5. The summed E-state index contributed by atoms with van der Waals surface area (Å²) in [7, 11) is 3.54. The highest BCUT2D eigenvalue weighted by Gasteiger charge is 2.26. The van der Waals surface area contributed by atoms with Crippen molar-refractivity contribution >= 4 is 23.4 Å². The lowest BCUT2D eigenvalue weighted by Crippen LogP contribution is -2.48. The topological polar surface area (TPSA) is 54.8 Å². The standard InChI is InChI=1S/C17H28ClN3O3/c1-13(2)21(17(23)14(3)18)12-16(22)20(9-10-24-5)11-15-7-6-8-19(15)4/h6-8,13-14H,9-12H2,1-5H3/t14-/m1/s1. The van der Waals surface area contributed by atoms with Gasteiger partial charge in [-0.25, -0.2) is 0 Å². The van der Waals surface area contributed by atoms with Crippen molar-refractivity contribution in [3.8, 4) is 0 Å². The van der Waals surface area contributed by atoms with Crippen LogP contribution in [-0.2, 0) is 27.9 Å². The van der Waals surface area contributed by atoms with Crippen LogP contribution in [0, 0.1) is 0 Å². The van der Waals surface area contributed by atoms with Gasteiger partial charge in [0.05, 0.1) is 13.2 Å². The van der Waals surface area contributed by atoms with Crippen LogP contribution in [0.3, 0.4) is 0 Å². The van der Waals surface area contributed by atoms with Crippen molar-refractivity contribution in [3.05, 3.63) is 24.0 Å². The van der Waals surface area contributed by atoms with Gasteiger partial charge in [-0.3, -0.25) is 9.59 Å². The molecule has 1 heterocycles. The number of alkyl halides is 1. The molecule has 0 spiro atoms. The first-order chi connectivity index (χ1) is 11.3. The van der Waals surface area contributed by atoms with Gasteiger partial charge in [0.2, 0.25) is 11.8 Å². The summed E-state index contributed by atoms with van der Waals surface area (Å²) < 4.78 is 7.08. The highest BCUT2D eigenvalue weighted by Crippen LogP contribution is 2.10.